The zero-order valence-corrected chi connectivity index (χ0v) is 19.4. The Morgan fingerprint density at radius 1 is 1.06 bits per heavy atom. The lowest BCUT2D eigenvalue weighted by Gasteiger charge is -2.06. The molecule has 2 heterocycles. The van der Waals surface area contributed by atoms with Crippen molar-refractivity contribution in [2.24, 2.45) is 5.10 Å². The Morgan fingerprint density at radius 2 is 1.80 bits per heavy atom. The largest absolute Gasteiger partial charge is 0.497 e. The van der Waals surface area contributed by atoms with Gasteiger partial charge in [0, 0.05) is 6.54 Å². The topological polar surface area (TPSA) is 107 Å². The number of ether oxygens (including phenoxy) is 1. The number of nitrogens with two attached hydrogens (primary N) is 1. The number of fused-ring (bicyclic) bond motifs is 2. The zero-order valence-electron chi connectivity index (χ0n) is 19.4. The van der Waals surface area contributed by atoms with E-state index in [9.17, 15) is 4.79 Å². The summed E-state index contributed by atoms with van der Waals surface area (Å²) in [5.41, 5.74) is 11.8. The van der Waals surface area contributed by atoms with Gasteiger partial charge in [0.25, 0.3) is 5.91 Å². The summed E-state index contributed by atoms with van der Waals surface area (Å²) in [4.78, 5) is 22.7. The number of aromatic nitrogens is 3. The van der Waals surface area contributed by atoms with Crippen LogP contribution in [0.15, 0.2) is 77.9 Å². The Hall–Kier alpha value is -4.72. The molecule has 0 fully saturated rings. The molecule has 35 heavy (non-hydrogen) atoms. The van der Waals surface area contributed by atoms with Gasteiger partial charge in [-0.05, 0) is 42.3 Å². The number of aryl methyl sites for hydroxylation is 1. The lowest BCUT2D eigenvalue weighted by Crippen LogP contribution is -2.23. The van der Waals surface area contributed by atoms with Crippen LogP contribution in [0.5, 0.6) is 5.75 Å². The first-order valence-corrected chi connectivity index (χ1v) is 11.1. The quantitative estimate of drug-likeness (QED) is 0.365. The van der Waals surface area contributed by atoms with Crippen LogP contribution in [-0.2, 0) is 6.54 Å². The number of nitrogen functional groups attached to an aromatic ring is 1. The number of nitrogens with one attached hydrogen (secondary N) is 1. The second kappa shape index (κ2) is 9.26. The fourth-order valence-electron chi connectivity index (χ4n) is 3.88. The van der Waals surface area contributed by atoms with E-state index in [1.54, 1.807) is 13.3 Å². The first kappa shape index (κ1) is 22.1. The fourth-order valence-corrected chi connectivity index (χ4v) is 3.88. The highest BCUT2D eigenvalue weighted by molar-refractivity contribution is 6.10. The van der Waals surface area contributed by atoms with Crippen LogP contribution < -0.4 is 15.8 Å². The van der Waals surface area contributed by atoms with Gasteiger partial charge in [0.05, 0.1) is 24.4 Å². The molecule has 0 aliphatic heterocycles. The second-order valence-corrected chi connectivity index (χ2v) is 8.15. The van der Waals surface area contributed by atoms with Crippen LogP contribution in [0.3, 0.4) is 0 Å². The number of carbonyl (C=O) groups excluding carboxylic acids is 1. The van der Waals surface area contributed by atoms with Crippen LogP contribution >= 0.6 is 0 Å². The van der Waals surface area contributed by atoms with Crippen LogP contribution in [0, 0.1) is 6.92 Å². The molecule has 0 aliphatic carbocycles. The maximum absolute atomic E-state index is 13.3. The predicted molar refractivity (Wildman–Crippen MR) is 138 cm³/mol. The minimum atomic E-state index is -0.350. The van der Waals surface area contributed by atoms with Gasteiger partial charge in [-0.1, -0.05) is 54.1 Å². The van der Waals surface area contributed by atoms with Crippen LogP contribution in [-0.4, -0.2) is 33.9 Å². The highest BCUT2D eigenvalue weighted by Crippen LogP contribution is 2.28. The van der Waals surface area contributed by atoms with Gasteiger partial charge in [-0.25, -0.2) is 9.97 Å². The molecule has 2 aromatic heterocycles. The number of nitrogens with zero attached hydrogens (tertiary/aromatic N) is 4. The van der Waals surface area contributed by atoms with E-state index in [0.717, 1.165) is 22.4 Å². The molecular formula is C27H24N6O2. The normalized spacial score (nSPS) is 11.4. The van der Waals surface area contributed by atoms with Crippen molar-refractivity contribution in [1.82, 2.24) is 20.0 Å². The van der Waals surface area contributed by atoms with Gasteiger partial charge in [-0.3, -0.25) is 4.79 Å². The SMILES string of the molecule is COc1ccc(CNC(=O)c2c(N)n(/N=C\c3cccc(C)c3)c3nc4ccccc4nc23)cc1. The Kier molecular flexibility index (Phi) is 5.85. The second-order valence-electron chi connectivity index (χ2n) is 8.15. The number of hydrogen-bond donors (Lipinski definition) is 2. The van der Waals surface area contributed by atoms with E-state index < -0.39 is 0 Å². The Morgan fingerprint density at radius 3 is 2.51 bits per heavy atom. The van der Waals surface area contributed by atoms with Crippen LogP contribution in [0.4, 0.5) is 5.82 Å². The monoisotopic (exact) mass is 464 g/mol. The summed E-state index contributed by atoms with van der Waals surface area (Å²) in [6.45, 7) is 2.34. The van der Waals surface area contributed by atoms with Crippen molar-refractivity contribution in [3.8, 4) is 5.75 Å². The first-order chi connectivity index (χ1) is 17.0. The lowest BCUT2D eigenvalue weighted by atomic mass is 10.2. The van der Waals surface area contributed by atoms with E-state index in [2.05, 4.69) is 10.4 Å². The maximum atomic E-state index is 13.3. The van der Waals surface area contributed by atoms with E-state index in [1.165, 1.54) is 4.68 Å². The standard InChI is InChI=1S/C27H24N6O2/c1-17-6-5-7-19(14-17)16-30-33-25(28)23(24-26(33)32-22-9-4-3-8-21(22)31-24)27(34)29-15-18-10-12-20(35-2)13-11-18/h3-14,16H,15,28H2,1-2H3,(H,29,34)/b30-16-. The number of amides is 1. The predicted octanol–water partition coefficient (Wildman–Crippen LogP) is 4.30. The van der Waals surface area contributed by atoms with Gasteiger partial charge in [-0.2, -0.15) is 9.78 Å². The molecule has 8 heteroatoms. The third-order valence-electron chi connectivity index (χ3n) is 5.68. The van der Waals surface area contributed by atoms with Crippen molar-refractivity contribution in [2.45, 2.75) is 13.5 Å². The summed E-state index contributed by atoms with van der Waals surface area (Å²) in [7, 11) is 1.61. The highest BCUT2D eigenvalue weighted by atomic mass is 16.5. The van der Waals surface area contributed by atoms with Crippen LogP contribution in [0.1, 0.15) is 27.0 Å². The average molecular weight is 465 g/mol. The number of rotatable bonds is 6. The van der Waals surface area contributed by atoms with Crippen molar-refractivity contribution < 1.29 is 9.53 Å². The van der Waals surface area contributed by atoms with Crippen molar-refractivity contribution in [2.75, 3.05) is 12.8 Å². The molecule has 8 nitrogen and oxygen atoms in total. The smallest absolute Gasteiger partial charge is 0.257 e. The molecule has 5 rings (SSSR count). The molecule has 0 aliphatic rings. The summed E-state index contributed by atoms with van der Waals surface area (Å²) >= 11 is 0. The molecule has 0 atom stereocenters. The summed E-state index contributed by atoms with van der Waals surface area (Å²) in [6, 6.07) is 22.9. The maximum Gasteiger partial charge on any atom is 0.257 e. The van der Waals surface area contributed by atoms with Crippen LogP contribution in [0.25, 0.3) is 22.2 Å². The number of carbonyl (C=O) groups is 1. The molecule has 0 bridgehead atoms. The van der Waals surface area contributed by atoms with Crippen molar-refractivity contribution in [1.29, 1.82) is 0 Å². The number of benzene rings is 3. The summed E-state index contributed by atoms with van der Waals surface area (Å²) in [5, 5.41) is 7.50. The minimum absolute atomic E-state index is 0.173. The molecule has 0 saturated carbocycles. The summed E-state index contributed by atoms with van der Waals surface area (Å²) in [6.07, 6.45) is 1.69. The van der Waals surface area contributed by atoms with Gasteiger partial charge in [-0.15, -0.1) is 0 Å². The summed E-state index contributed by atoms with van der Waals surface area (Å²) < 4.78 is 6.66. The molecule has 3 N–H and O–H groups in total. The van der Waals surface area contributed by atoms with Gasteiger partial charge in [0.2, 0.25) is 0 Å². The van der Waals surface area contributed by atoms with Gasteiger partial charge in [0.15, 0.2) is 5.65 Å². The van der Waals surface area contributed by atoms with E-state index in [1.807, 2.05) is 79.7 Å². The number of methoxy groups -OCH3 is 1. The molecule has 0 radical (unpaired) electrons. The Bertz CT molecular complexity index is 1570. The first-order valence-electron chi connectivity index (χ1n) is 11.1. The van der Waals surface area contributed by atoms with Crippen LogP contribution in [0.2, 0.25) is 0 Å². The summed E-state index contributed by atoms with van der Waals surface area (Å²) in [5.74, 6) is 0.574. The van der Waals surface area contributed by atoms with E-state index in [4.69, 9.17) is 20.4 Å². The highest BCUT2D eigenvalue weighted by Gasteiger charge is 2.24. The molecule has 0 saturated heterocycles. The number of hydrogen-bond acceptors (Lipinski definition) is 6. The lowest BCUT2D eigenvalue weighted by molar-refractivity contribution is 0.0953. The molecule has 0 spiro atoms. The number of para-hydroxylation sites is 2. The Labute approximate surface area is 202 Å². The minimum Gasteiger partial charge on any atom is -0.497 e. The van der Waals surface area contributed by atoms with Crippen molar-refractivity contribution in [3.05, 3.63) is 95.1 Å². The molecule has 3 aromatic carbocycles. The molecule has 0 unspecified atom stereocenters. The van der Waals surface area contributed by atoms with Crippen molar-refractivity contribution >= 4 is 40.1 Å². The zero-order chi connectivity index (χ0) is 24.4. The molecular weight excluding hydrogens is 440 g/mol. The third-order valence-corrected chi connectivity index (χ3v) is 5.68. The van der Waals surface area contributed by atoms with Crippen molar-refractivity contribution in [3.63, 3.8) is 0 Å². The molecule has 1 amide bonds. The molecule has 174 valence electrons. The van der Waals surface area contributed by atoms with Gasteiger partial charge in [0.1, 0.15) is 22.6 Å². The van der Waals surface area contributed by atoms with E-state index in [-0.39, 0.29) is 17.3 Å². The number of anilines is 1. The van der Waals surface area contributed by atoms with Gasteiger partial charge < -0.3 is 15.8 Å². The Balaban J connectivity index is 1.55. The average Bonchev–Trinajstić information content (AvgIpc) is 3.15. The fraction of sp³-hybridized carbons (Fsp3) is 0.111. The van der Waals surface area contributed by atoms with Gasteiger partial charge >= 0.3 is 0 Å². The molecule has 5 aromatic rings. The third kappa shape index (κ3) is 4.41. The van der Waals surface area contributed by atoms with E-state index in [0.29, 0.717) is 28.7 Å². The van der Waals surface area contributed by atoms with E-state index >= 15 is 0 Å².